The lowest BCUT2D eigenvalue weighted by Gasteiger charge is -2.17. The van der Waals surface area contributed by atoms with E-state index in [1.165, 1.54) is 3.58 Å². The lowest BCUT2D eigenvalue weighted by molar-refractivity contribution is 0.767. The van der Waals surface area contributed by atoms with Crippen LogP contribution >= 0.6 is 45.2 Å². The van der Waals surface area contributed by atoms with Crippen molar-refractivity contribution in [2.24, 2.45) is 5.92 Å². The van der Waals surface area contributed by atoms with Gasteiger partial charge in [-0.05, 0) is 26.2 Å². The predicted molar refractivity (Wildman–Crippen MR) is 58.2 cm³/mol. The van der Waals surface area contributed by atoms with E-state index in [2.05, 4.69) is 70.3 Å². The van der Waals surface area contributed by atoms with Crippen molar-refractivity contribution in [1.29, 1.82) is 0 Å². The van der Waals surface area contributed by atoms with Gasteiger partial charge in [0.2, 0.25) is 0 Å². The van der Waals surface area contributed by atoms with Gasteiger partial charge in [-0.25, -0.2) is 0 Å². The van der Waals surface area contributed by atoms with Gasteiger partial charge in [0.1, 0.15) is 0 Å². The zero-order chi connectivity index (χ0) is 6.85. The van der Waals surface area contributed by atoms with Crippen LogP contribution in [0.15, 0.2) is 21.8 Å². The first kappa shape index (κ1) is 8.04. The molecule has 0 nitrogen and oxygen atoms in total. The Labute approximate surface area is 83.1 Å². The van der Waals surface area contributed by atoms with E-state index in [1.54, 1.807) is 0 Å². The molecule has 0 saturated heterocycles. The Hall–Kier alpha value is 0.940. The second-order valence-corrected chi connectivity index (χ2v) is 4.85. The summed E-state index contributed by atoms with van der Waals surface area (Å²) in [4.78, 5) is 0. The van der Waals surface area contributed by atoms with Crippen LogP contribution in [0.4, 0.5) is 0 Å². The van der Waals surface area contributed by atoms with Crippen molar-refractivity contribution >= 4 is 45.2 Å². The molecule has 2 heteroatoms. The molecule has 0 amide bonds. The summed E-state index contributed by atoms with van der Waals surface area (Å²) in [5.74, 6) is 0.719. The minimum atomic E-state index is 0.694. The van der Waals surface area contributed by atoms with E-state index in [9.17, 15) is 0 Å². The van der Waals surface area contributed by atoms with Gasteiger partial charge in [-0.1, -0.05) is 47.7 Å². The molecule has 1 aliphatic rings. The molecule has 1 aliphatic carbocycles. The summed E-state index contributed by atoms with van der Waals surface area (Å²) in [5.41, 5.74) is 0. The maximum atomic E-state index is 2.47. The third-order valence-electron chi connectivity index (χ3n) is 1.46. The minimum Gasteiger partial charge on any atom is -0.0774 e. The van der Waals surface area contributed by atoms with E-state index < -0.39 is 0 Å². The molecule has 1 rings (SSSR count). The Morgan fingerprint density at radius 3 is 2.67 bits per heavy atom. The number of hydrogen-bond acceptors (Lipinski definition) is 0. The quantitative estimate of drug-likeness (QED) is 0.466. The molecule has 0 aromatic rings. The zero-order valence-corrected chi connectivity index (χ0v) is 9.46. The molecule has 0 aliphatic heterocycles. The van der Waals surface area contributed by atoms with Crippen molar-refractivity contribution in [3.8, 4) is 0 Å². The van der Waals surface area contributed by atoms with E-state index in [4.69, 9.17) is 0 Å². The summed E-state index contributed by atoms with van der Waals surface area (Å²) in [6.07, 6.45) is 6.56. The van der Waals surface area contributed by atoms with Crippen molar-refractivity contribution in [1.82, 2.24) is 0 Å². The molecule has 0 aromatic carbocycles. The largest absolute Gasteiger partial charge is 0.0774 e. The molecule has 0 heterocycles. The van der Waals surface area contributed by atoms with E-state index in [1.807, 2.05) is 0 Å². The number of rotatable bonds is 0. The van der Waals surface area contributed by atoms with Crippen LogP contribution < -0.4 is 0 Å². The van der Waals surface area contributed by atoms with Crippen LogP contribution in [0.5, 0.6) is 0 Å². The normalized spacial score (nSPS) is 34.3. The highest BCUT2D eigenvalue weighted by molar-refractivity contribution is 14.1. The Balaban J connectivity index is 2.73. The monoisotopic (exact) mass is 346 g/mol. The van der Waals surface area contributed by atoms with Gasteiger partial charge >= 0.3 is 0 Å². The third-order valence-corrected chi connectivity index (χ3v) is 4.30. The van der Waals surface area contributed by atoms with Crippen molar-refractivity contribution in [2.75, 3.05) is 0 Å². The number of halogens is 2. The molecule has 0 fully saturated rings. The van der Waals surface area contributed by atoms with Gasteiger partial charge in [-0.2, -0.15) is 0 Å². The fourth-order valence-corrected chi connectivity index (χ4v) is 2.63. The molecule has 0 radical (unpaired) electrons. The molecule has 0 N–H and O–H groups in total. The first-order valence-corrected chi connectivity index (χ1v) is 5.22. The molecule has 0 saturated carbocycles. The lowest BCUT2D eigenvalue weighted by Crippen LogP contribution is -2.09. The molecule has 50 valence electrons. The van der Waals surface area contributed by atoms with E-state index >= 15 is 0 Å². The van der Waals surface area contributed by atoms with Crippen LogP contribution in [0.2, 0.25) is 0 Å². The molecule has 2 unspecified atom stereocenters. The molecular formula is C7H8I2. The van der Waals surface area contributed by atoms with Crippen LogP contribution in [0, 0.1) is 5.92 Å². The van der Waals surface area contributed by atoms with Gasteiger partial charge in [0.25, 0.3) is 0 Å². The number of hydrogen-bond donors (Lipinski definition) is 0. The first-order valence-electron chi connectivity index (χ1n) is 2.90. The van der Waals surface area contributed by atoms with Gasteiger partial charge in [-0.15, -0.1) is 0 Å². The first-order chi connectivity index (χ1) is 4.22. The molecule has 0 aromatic heterocycles. The van der Waals surface area contributed by atoms with Crippen LogP contribution in [0.25, 0.3) is 0 Å². The van der Waals surface area contributed by atoms with Crippen LogP contribution in [-0.4, -0.2) is 3.92 Å². The van der Waals surface area contributed by atoms with Gasteiger partial charge in [0.15, 0.2) is 0 Å². The smallest absolute Gasteiger partial charge is 0.0362 e. The van der Waals surface area contributed by atoms with Crippen LogP contribution in [0.1, 0.15) is 6.92 Å². The fraction of sp³-hybridized carbons (Fsp3) is 0.429. The maximum Gasteiger partial charge on any atom is 0.0362 e. The third kappa shape index (κ3) is 1.93. The Bertz CT molecular complexity index is 158. The minimum absolute atomic E-state index is 0.694. The highest BCUT2D eigenvalue weighted by Gasteiger charge is 2.15. The summed E-state index contributed by atoms with van der Waals surface area (Å²) < 4.78 is 2.16. The highest BCUT2D eigenvalue weighted by Crippen LogP contribution is 2.30. The summed E-state index contributed by atoms with van der Waals surface area (Å²) >= 11 is 4.87. The summed E-state index contributed by atoms with van der Waals surface area (Å²) in [6, 6.07) is 0. The van der Waals surface area contributed by atoms with Crippen molar-refractivity contribution < 1.29 is 0 Å². The van der Waals surface area contributed by atoms with E-state index in [-0.39, 0.29) is 0 Å². The molecular weight excluding hydrogens is 338 g/mol. The Morgan fingerprint density at radius 1 is 1.56 bits per heavy atom. The Kier molecular flexibility index (Phi) is 3.01. The fourth-order valence-electron chi connectivity index (χ4n) is 0.724. The molecule has 9 heavy (non-hydrogen) atoms. The summed E-state index contributed by atoms with van der Waals surface area (Å²) in [5, 5.41) is 0. The molecule has 0 bridgehead atoms. The van der Waals surface area contributed by atoms with Crippen molar-refractivity contribution in [3.63, 3.8) is 0 Å². The summed E-state index contributed by atoms with van der Waals surface area (Å²) in [6.45, 7) is 2.26. The maximum absolute atomic E-state index is 2.47. The molecule has 2 atom stereocenters. The van der Waals surface area contributed by atoms with Crippen LogP contribution in [-0.2, 0) is 0 Å². The zero-order valence-electron chi connectivity index (χ0n) is 5.14. The SMILES string of the molecule is CC1C(I)=CC=CC1I. The Morgan fingerprint density at radius 2 is 2.22 bits per heavy atom. The topological polar surface area (TPSA) is 0 Å². The van der Waals surface area contributed by atoms with E-state index in [0.29, 0.717) is 3.92 Å². The number of allylic oxidation sites excluding steroid dienone is 4. The average molecular weight is 346 g/mol. The standard InChI is InChI=1S/C7H8I2/c1-5-6(8)3-2-4-7(5)9/h2-6H,1H3. The lowest BCUT2D eigenvalue weighted by atomic mass is 10.0. The predicted octanol–water partition coefficient (Wildman–Crippen LogP) is 3.31. The van der Waals surface area contributed by atoms with E-state index in [0.717, 1.165) is 5.92 Å². The highest BCUT2D eigenvalue weighted by atomic mass is 127. The van der Waals surface area contributed by atoms with Gasteiger partial charge in [-0.3, -0.25) is 0 Å². The average Bonchev–Trinajstić information content (AvgIpc) is 1.83. The van der Waals surface area contributed by atoms with Crippen LogP contribution in [0.3, 0.4) is 0 Å². The second-order valence-electron chi connectivity index (χ2n) is 2.17. The van der Waals surface area contributed by atoms with Crippen molar-refractivity contribution in [2.45, 2.75) is 10.8 Å². The molecule has 0 spiro atoms. The van der Waals surface area contributed by atoms with Gasteiger partial charge in [0, 0.05) is 9.84 Å². The second kappa shape index (κ2) is 3.37. The number of alkyl halides is 1. The van der Waals surface area contributed by atoms with Gasteiger partial charge in [0.05, 0.1) is 0 Å². The summed E-state index contributed by atoms with van der Waals surface area (Å²) in [7, 11) is 0. The van der Waals surface area contributed by atoms with Crippen molar-refractivity contribution in [3.05, 3.63) is 21.8 Å². The van der Waals surface area contributed by atoms with Gasteiger partial charge < -0.3 is 0 Å².